The van der Waals surface area contributed by atoms with E-state index in [4.69, 9.17) is 5.73 Å². The van der Waals surface area contributed by atoms with E-state index in [2.05, 4.69) is 10.3 Å². The van der Waals surface area contributed by atoms with Crippen LogP contribution in [0.5, 0.6) is 0 Å². The zero-order valence-corrected chi connectivity index (χ0v) is 10.7. The maximum absolute atomic E-state index is 11.5. The summed E-state index contributed by atoms with van der Waals surface area (Å²) in [7, 11) is 3.37. The molecule has 0 radical (unpaired) electrons. The standard InChI is InChI=1S/C10H16N4O2S/c1-14(2)9(16)3-4-12-8(15)5-7-6-17-10(11)13-7/h6H,3-5H2,1-2H3,(H2,11,13)(H,12,15). The number of hydrogen-bond acceptors (Lipinski definition) is 5. The number of anilines is 1. The van der Waals surface area contributed by atoms with E-state index in [1.54, 1.807) is 19.5 Å². The second-order valence-electron chi connectivity index (χ2n) is 3.74. The number of nitrogens with one attached hydrogen (secondary N) is 1. The number of nitrogens with two attached hydrogens (primary N) is 1. The Labute approximate surface area is 104 Å². The molecule has 6 nitrogen and oxygen atoms in total. The second kappa shape index (κ2) is 6.19. The highest BCUT2D eigenvalue weighted by atomic mass is 32.1. The van der Waals surface area contributed by atoms with Crippen LogP contribution in [0.4, 0.5) is 5.13 Å². The summed E-state index contributed by atoms with van der Waals surface area (Å²) in [5.74, 6) is -0.162. The topological polar surface area (TPSA) is 88.3 Å². The smallest absolute Gasteiger partial charge is 0.226 e. The van der Waals surface area contributed by atoms with Crippen LogP contribution < -0.4 is 11.1 Å². The molecular weight excluding hydrogens is 240 g/mol. The zero-order valence-electron chi connectivity index (χ0n) is 9.90. The monoisotopic (exact) mass is 256 g/mol. The van der Waals surface area contributed by atoms with E-state index in [0.717, 1.165) is 0 Å². The van der Waals surface area contributed by atoms with Gasteiger partial charge in [-0.15, -0.1) is 11.3 Å². The molecule has 0 spiro atoms. The lowest BCUT2D eigenvalue weighted by Gasteiger charge is -2.10. The van der Waals surface area contributed by atoms with Gasteiger partial charge in [-0.25, -0.2) is 4.98 Å². The van der Waals surface area contributed by atoms with Crippen molar-refractivity contribution < 1.29 is 9.59 Å². The Kier molecular flexibility index (Phi) is 4.89. The van der Waals surface area contributed by atoms with E-state index < -0.39 is 0 Å². The summed E-state index contributed by atoms with van der Waals surface area (Å²) in [4.78, 5) is 28.2. The summed E-state index contributed by atoms with van der Waals surface area (Å²) < 4.78 is 0. The Balaban J connectivity index is 2.24. The molecule has 1 heterocycles. The Hall–Kier alpha value is -1.63. The van der Waals surface area contributed by atoms with Crippen LogP contribution in [0, 0.1) is 0 Å². The lowest BCUT2D eigenvalue weighted by Crippen LogP contribution is -2.31. The largest absolute Gasteiger partial charge is 0.375 e. The summed E-state index contributed by atoms with van der Waals surface area (Å²) >= 11 is 1.30. The van der Waals surface area contributed by atoms with Gasteiger partial charge in [-0.2, -0.15) is 0 Å². The molecule has 1 aromatic heterocycles. The van der Waals surface area contributed by atoms with Crippen LogP contribution in [-0.4, -0.2) is 42.3 Å². The fraction of sp³-hybridized carbons (Fsp3) is 0.500. The molecule has 0 aliphatic rings. The first-order valence-electron chi connectivity index (χ1n) is 5.15. The molecule has 0 aromatic carbocycles. The van der Waals surface area contributed by atoms with E-state index in [1.807, 2.05) is 0 Å². The van der Waals surface area contributed by atoms with Gasteiger partial charge < -0.3 is 16.0 Å². The van der Waals surface area contributed by atoms with E-state index in [9.17, 15) is 9.59 Å². The molecule has 0 atom stereocenters. The first kappa shape index (κ1) is 13.4. The van der Waals surface area contributed by atoms with Crippen molar-refractivity contribution in [2.75, 3.05) is 26.4 Å². The van der Waals surface area contributed by atoms with Crippen molar-refractivity contribution in [3.8, 4) is 0 Å². The molecule has 0 unspecified atom stereocenters. The molecule has 0 aliphatic carbocycles. The summed E-state index contributed by atoms with van der Waals surface area (Å²) in [6, 6.07) is 0. The fourth-order valence-corrected chi connectivity index (χ4v) is 1.73. The van der Waals surface area contributed by atoms with Gasteiger partial charge in [-0.05, 0) is 0 Å². The third-order valence-corrected chi connectivity index (χ3v) is 2.79. The van der Waals surface area contributed by atoms with E-state index in [-0.39, 0.29) is 18.2 Å². The molecule has 0 saturated heterocycles. The second-order valence-corrected chi connectivity index (χ2v) is 4.63. The van der Waals surface area contributed by atoms with Crippen LogP contribution >= 0.6 is 11.3 Å². The van der Waals surface area contributed by atoms with E-state index in [0.29, 0.717) is 23.8 Å². The number of aromatic nitrogens is 1. The molecule has 2 amide bonds. The Morgan fingerprint density at radius 2 is 2.24 bits per heavy atom. The SMILES string of the molecule is CN(C)C(=O)CCNC(=O)Cc1csc(N)n1. The molecule has 17 heavy (non-hydrogen) atoms. The molecule has 7 heteroatoms. The Morgan fingerprint density at radius 1 is 1.53 bits per heavy atom. The normalized spacial score (nSPS) is 10.0. The minimum atomic E-state index is -0.151. The number of amides is 2. The van der Waals surface area contributed by atoms with Crippen molar-refractivity contribution in [2.24, 2.45) is 0 Å². The van der Waals surface area contributed by atoms with Gasteiger partial charge in [-0.1, -0.05) is 0 Å². The molecule has 0 bridgehead atoms. The quantitative estimate of drug-likeness (QED) is 0.767. The van der Waals surface area contributed by atoms with Crippen LogP contribution in [0.3, 0.4) is 0 Å². The maximum atomic E-state index is 11.5. The van der Waals surface area contributed by atoms with Gasteiger partial charge in [0.25, 0.3) is 0 Å². The van der Waals surface area contributed by atoms with Crippen LogP contribution in [0.15, 0.2) is 5.38 Å². The highest BCUT2D eigenvalue weighted by Crippen LogP contribution is 2.11. The highest BCUT2D eigenvalue weighted by Gasteiger charge is 2.08. The van der Waals surface area contributed by atoms with E-state index in [1.165, 1.54) is 16.2 Å². The first-order valence-corrected chi connectivity index (χ1v) is 6.03. The van der Waals surface area contributed by atoms with Gasteiger partial charge in [0.2, 0.25) is 11.8 Å². The summed E-state index contributed by atoms with van der Waals surface area (Å²) in [5, 5.41) is 4.87. The molecule has 3 N–H and O–H groups in total. The van der Waals surface area contributed by atoms with Gasteiger partial charge in [0.15, 0.2) is 5.13 Å². The molecule has 0 aliphatic heterocycles. The highest BCUT2D eigenvalue weighted by molar-refractivity contribution is 7.13. The summed E-state index contributed by atoms with van der Waals surface area (Å²) in [6.45, 7) is 0.343. The van der Waals surface area contributed by atoms with Crippen molar-refractivity contribution in [1.82, 2.24) is 15.2 Å². The first-order chi connectivity index (χ1) is 7.99. The van der Waals surface area contributed by atoms with Crippen molar-refractivity contribution in [3.05, 3.63) is 11.1 Å². The third-order valence-electron chi connectivity index (χ3n) is 2.07. The average Bonchev–Trinajstić information content (AvgIpc) is 2.63. The van der Waals surface area contributed by atoms with Gasteiger partial charge >= 0.3 is 0 Å². The van der Waals surface area contributed by atoms with E-state index >= 15 is 0 Å². The van der Waals surface area contributed by atoms with Crippen LogP contribution in [0.1, 0.15) is 12.1 Å². The van der Waals surface area contributed by atoms with Gasteiger partial charge in [-0.3, -0.25) is 9.59 Å². The van der Waals surface area contributed by atoms with Gasteiger partial charge in [0.1, 0.15) is 0 Å². The molecule has 1 aromatic rings. The molecule has 1 rings (SSSR count). The Morgan fingerprint density at radius 3 is 2.76 bits per heavy atom. The van der Waals surface area contributed by atoms with Crippen molar-refractivity contribution in [3.63, 3.8) is 0 Å². The lowest BCUT2D eigenvalue weighted by molar-refractivity contribution is -0.128. The number of carbonyl (C=O) groups excluding carboxylic acids is 2. The number of rotatable bonds is 5. The molecular formula is C10H16N4O2S. The predicted octanol–water partition coefficient (Wildman–Crippen LogP) is -0.138. The van der Waals surface area contributed by atoms with Gasteiger partial charge in [0.05, 0.1) is 12.1 Å². The van der Waals surface area contributed by atoms with Crippen molar-refractivity contribution >= 4 is 28.3 Å². The molecule has 94 valence electrons. The zero-order chi connectivity index (χ0) is 12.8. The number of thiazole rings is 1. The number of nitrogen functional groups attached to an aromatic ring is 1. The number of hydrogen-bond donors (Lipinski definition) is 2. The number of nitrogens with zero attached hydrogens (tertiary/aromatic N) is 2. The minimum absolute atomic E-state index is 0.0109. The van der Waals surface area contributed by atoms with Gasteiger partial charge in [0, 0.05) is 32.4 Å². The molecule has 0 saturated carbocycles. The summed E-state index contributed by atoms with van der Waals surface area (Å²) in [6.07, 6.45) is 0.502. The van der Waals surface area contributed by atoms with Crippen molar-refractivity contribution in [2.45, 2.75) is 12.8 Å². The van der Waals surface area contributed by atoms with Crippen LogP contribution in [-0.2, 0) is 16.0 Å². The lowest BCUT2D eigenvalue weighted by atomic mass is 10.3. The summed E-state index contributed by atoms with van der Waals surface area (Å²) in [5.41, 5.74) is 6.11. The van der Waals surface area contributed by atoms with Crippen LogP contribution in [0.25, 0.3) is 0 Å². The van der Waals surface area contributed by atoms with Crippen molar-refractivity contribution in [1.29, 1.82) is 0 Å². The predicted molar refractivity (Wildman–Crippen MR) is 66.6 cm³/mol. The Bertz CT molecular complexity index is 403. The average molecular weight is 256 g/mol. The minimum Gasteiger partial charge on any atom is -0.375 e. The third kappa shape index (κ3) is 4.81. The van der Waals surface area contributed by atoms with Crippen LogP contribution in [0.2, 0.25) is 0 Å². The molecule has 0 fully saturated rings. The fourth-order valence-electron chi connectivity index (χ4n) is 1.16. The maximum Gasteiger partial charge on any atom is 0.226 e. The number of carbonyl (C=O) groups is 2.